The smallest absolute Gasteiger partial charge is 0.214 e. The van der Waals surface area contributed by atoms with E-state index in [0.717, 1.165) is 0 Å². The van der Waals surface area contributed by atoms with Crippen LogP contribution in [0.15, 0.2) is 22.7 Å². The van der Waals surface area contributed by atoms with Crippen molar-refractivity contribution in [2.45, 2.75) is 6.92 Å². The zero-order valence-electron chi connectivity index (χ0n) is 7.10. The highest BCUT2D eigenvalue weighted by atomic mass is 79.9. The van der Waals surface area contributed by atoms with Gasteiger partial charge in [0.2, 0.25) is 5.90 Å². The van der Waals surface area contributed by atoms with Gasteiger partial charge in [-0.1, -0.05) is 0 Å². The summed E-state index contributed by atoms with van der Waals surface area (Å²) in [5, 5.41) is 7.45. The monoisotopic (exact) mass is 245 g/mol. The Labute approximate surface area is 84.4 Å². The first-order valence-corrected chi connectivity index (χ1v) is 4.61. The molecule has 0 amide bonds. The maximum atomic E-state index is 12.8. The number of ether oxygens (including phenoxy) is 1. The molecule has 2 nitrogen and oxygen atoms in total. The lowest BCUT2D eigenvalue weighted by Crippen LogP contribution is -2.05. The maximum Gasteiger partial charge on any atom is 0.214 e. The van der Waals surface area contributed by atoms with E-state index in [1.165, 1.54) is 12.1 Å². The summed E-state index contributed by atoms with van der Waals surface area (Å²) in [6.07, 6.45) is 0. The number of hydrogen-bond acceptors (Lipinski definition) is 2. The highest BCUT2D eigenvalue weighted by molar-refractivity contribution is 9.10. The van der Waals surface area contributed by atoms with E-state index in [1.807, 2.05) is 0 Å². The molecule has 0 aliphatic carbocycles. The standard InChI is InChI=1S/C9H9BrFNO/c1-2-13-9(12)7-5-6(11)3-4-8(7)10/h3-5,12H,2H2,1H3. The Hall–Kier alpha value is -0.900. The average Bonchev–Trinajstić information content (AvgIpc) is 2.09. The zero-order valence-corrected chi connectivity index (χ0v) is 8.69. The third kappa shape index (κ3) is 2.52. The van der Waals surface area contributed by atoms with Crippen LogP contribution in [0.5, 0.6) is 0 Å². The number of nitrogens with one attached hydrogen (secondary N) is 1. The summed E-state index contributed by atoms with van der Waals surface area (Å²) >= 11 is 3.21. The van der Waals surface area contributed by atoms with Gasteiger partial charge in [-0.25, -0.2) is 4.39 Å². The summed E-state index contributed by atoms with van der Waals surface area (Å²) in [4.78, 5) is 0. The van der Waals surface area contributed by atoms with Crippen LogP contribution in [0.1, 0.15) is 12.5 Å². The van der Waals surface area contributed by atoms with Crippen molar-refractivity contribution in [3.8, 4) is 0 Å². The summed E-state index contributed by atoms with van der Waals surface area (Å²) in [7, 11) is 0. The Morgan fingerprint density at radius 1 is 1.62 bits per heavy atom. The second kappa shape index (κ2) is 4.37. The van der Waals surface area contributed by atoms with Crippen molar-refractivity contribution in [1.82, 2.24) is 0 Å². The molecule has 0 aromatic heterocycles. The van der Waals surface area contributed by atoms with E-state index >= 15 is 0 Å². The van der Waals surface area contributed by atoms with Gasteiger partial charge in [0.25, 0.3) is 0 Å². The molecule has 0 saturated carbocycles. The molecule has 0 atom stereocenters. The Balaban J connectivity index is 2.99. The number of rotatable bonds is 2. The van der Waals surface area contributed by atoms with Gasteiger partial charge in [-0.05, 0) is 41.1 Å². The fraction of sp³-hybridized carbons (Fsp3) is 0.222. The lowest BCUT2D eigenvalue weighted by atomic mass is 10.2. The molecule has 0 fully saturated rings. The maximum absolute atomic E-state index is 12.8. The third-order valence-corrected chi connectivity index (χ3v) is 2.15. The lowest BCUT2D eigenvalue weighted by Gasteiger charge is -2.06. The first-order chi connectivity index (χ1) is 6.15. The van der Waals surface area contributed by atoms with Gasteiger partial charge in [0, 0.05) is 4.47 Å². The van der Waals surface area contributed by atoms with Crippen LogP contribution in [0.3, 0.4) is 0 Å². The Kier molecular flexibility index (Phi) is 3.42. The molecule has 0 saturated heterocycles. The molecular formula is C9H9BrFNO. The van der Waals surface area contributed by atoms with Gasteiger partial charge in [-0.3, -0.25) is 5.41 Å². The predicted molar refractivity (Wildman–Crippen MR) is 52.6 cm³/mol. The topological polar surface area (TPSA) is 33.1 Å². The van der Waals surface area contributed by atoms with Crippen LogP contribution in [-0.4, -0.2) is 12.5 Å². The minimum absolute atomic E-state index is 0.0196. The molecule has 1 N–H and O–H groups in total. The Morgan fingerprint density at radius 2 is 2.31 bits per heavy atom. The number of hydrogen-bond donors (Lipinski definition) is 1. The summed E-state index contributed by atoms with van der Waals surface area (Å²) in [5.74, 6) is -0.392. The molecule has 13 heavy (non-hydrogen) atoms. The Morgan fingerprint density at radius 3 is 2.92 bits per heavy atom. The molecular weight excluding hydrogens is 237 g/mol. The van der Waals surface area contributed by atoms with E-state index in [9.17, 15) is 4.39 Å². The SMILES string of the molecule is CCOC(=N)c1cc(F)ccc1Br. The summed E-state index contributed by atoms with van der Waals surface area (Å²) < 4.78 is 18.4. The quantitative estimate of drug-likeness (QED) is 0.631. The molecule has 1 aromatic rings. The molecule has 1 aromatic carbocycles. The molecule has 4 heteroatoms. The van der Waals surface area contributed by atoms with E-state index in [4.69, 9.17) is 10.1 Å². The van der Waals surface area contributed by atoms with Gasteiger partial charge in [0.05, 0.1) is 12.2 Å². The summed E-state index contributed by atoms with van der Waals surface area (Å²) in [5.41, 5.74) is 0.432. The molecule has 0 aliphatic rings. The molecule has 70 valence electrons. The van der Waals surface area contributed by atoms with Gasteiger partial charge < -0.3 is 4.74 Å². The van der Waals surface area contributed by atoms with Crippen molar-refractivity contribution in [3.05, 3.63) is 34.1 Å². The van der Waals surface area contributed by atoms with Crippen LogP contribution in [0.4, 0.5) is 4.39 Å². The van der Waals surface area contributed by atoms with E-state index in [2.05, 4.69) is 15.9 Å². The van der Waals surface area contributed by atoms with Crippen LogP contribution >= 0.6 is 15.9 Å². The van der Waals surface area contributed by atoms with Crippen molar-refractivity contribution in [2.75, 3.05) is 6.61 Å². The highest BCUT2D eigenvalue weighted by Crippen LogP contribution is 2.18. The fourth-order valence-corrected chi connectivity index (χ4v) is 1.32. The van der Waals surface area contributed by atoms with Crippen LogP contribution in [-0.2, 0) is 4.74 Å². The molecule has 1 rings (SSSR count). The lowest BCUT2D eigenvalue weighted by molar-refractivity contribution is 0.325. The first-order valence-electron chi connectivity index (χ1n) is 3.82. The normalized spacial score (nSPS) is 9.77. The number of benzene rings is 1. The van der Waals surface area contributed by atoms with Crippen molar-refractivity contribution in [3.63, 3.8) is 0 Å². The van der Waals surface area contributed by atoms with E-state index in [1.54, 1.807) is 13.0 Å². The van der Waals surface area contributed by atoms with Crippen molar-refractivity contribution in [1.29, 1.82) is 5.41 Å². The highest BCUT2D eigenvalue weighted by Gasteiger charge is 2.07. The van der Waals surface area contributed by atoms with Gasteiger partial charge in [0.1, 0.15) is 5.82 Å². The fourth-order valence-electron chi connectivity index (χ4n) is 0.894. The van der Waals surface area contributed by atoms with Crippen molar-refractivity contribution < 1.29 is 9.13 Å². The van der Waals surface area contributed by atoms with Crippen LogP contribution < -0.4 is 0 Å². The minimum Gasteiger partial charge on any atom is -0.478 e. The molecule has 0 spiro atoms. The predicted octanol–water partition coefficient (Wildman–Crippen LogP) is 2.95. The van der Waals surface area contributed by atoms with E-state index in [-0.39, 0.29) is 11.7 Å². The van der Waals surface area contributed by atoms with Gasteiger partial charge in [0.15, 0.2) is 0 Å². The molecule has 0 bridgehead atoms. The summed E-state index contributed by atoms with van der Waals surface area (Å²) in [6, 6.07) is 4.15. The van der Waals surface area contributed by atoms with Gasteiger partial charge in [-0.2, -0.15) is 0 Å². The van der Waals surface area contributed by atoms with Crippen LogP contribution in [0.2, 0.25) is 0 Å². The van der Waals surface area contributed by atoms with Gasteiger partial charge in [-0.15, -0.1) is 0 Å². The molecule has 0 heterocycles. The summed E-state index contributed by atoms with van der Waals surface area (Å²) in [6.45, 7) is 2.18. The van der Waals surface area contributed by atoms with Gasteiger partial charge >= 0.3 is 0 Å². The van der Waals surface area contributed by atoms with Crippen molar-refractivity contribution >= 4 is 21.8 Å². The first kappa shape index (κ1) is 10.2. The second-order valence-electron chi connectivity index (χ2n) is 2.39. The number of halogens is 2. The van der Waals surface area contributed by atoms with Crippen LogP contribution in [0.25, 0.3) is 0 Å². The third-order valence-electron chi connectivity index (χ3n) is 1.46. The molecule has 0 radical (unpaired) electrons. The second-order valence-corrected chi connectivity index (χ2v) is 3.24. The largest absolute Gasteiger partial charge is 0.478 e. The molecule has 0 aliphatic heterocycles. The average molecular weight is 246 g/mol. The minimum atomic E-state index is -0.373. The van der Waals surface area contributed by atoms with E-state index in [0.29, 0.717) is 16.6 Å². The van der Waals surface area contributed by atoms with Crippen LogP contribution in [0, 0.1) is 11.2 Å². The molecule has 0 unspecified atom stereocenters. The van der Waals surface area contributed by atoms with Crippen molar-refractivity contribution in [2.24, 2.45) is 0 Å². The van der Waals surface area contributed by atoms with E-state index < -0.39 is 0 Å². The zero-order chi connectivity index (χ0) is 9.84. The Bertz CT molecular complexity index is 327.